The summed E-state index contributed by atoms with van der Waals surface area (Å²) in [4.78, 5) is 6.93. The number of allylic oxidation sites excluding steroid dienone is 4. The maximum Gasteiger partial charge on any atom is 0.119 e. The minimum Gasteiger partial charge on any atom is -0.306 e. The van der Waals surface area contributed by atoms with Crippen LogP contribution in [0, 0.1) is 25.2 Å². The summed E-state index contributed by atoms with van der Waals surface area (Å²) >= 11 is 1.73. The number of hydrogen-bond acceptors (Lipinski definition) is 4. The summed E-state index contributed by atoms with van der Waals surface area (Å²) in [5, 5.41) is 15.6. The molecule has 0 spiro atoms. The quantitative estimate of drug-likeness (QED) is 0.604. The molecule has 1 unspecified atom stereocenters. The number of thiazole rings is 1. The van der Waals surface area contributed by atoms with Crippen LogP contribution in [0.2, 0.25) is 0 Å². The Labute approximate surface area is 184 Å². The van der Waals surface area contributed by atoms with Crippen LogP contribution in [0.1, 0.15) is 60.9 Å². The predicted molar refractivity (Wildman–Crippen MR) is 128 cm³/mol. The van der Waals surface area contributed by atoms with Crippen LogP contribution in [0.25, 0.3) is 5.57 Å². The maximum atomic E-state index is 8.83. The second-order valence-corrected chi connectivity index (χ2v) is 9.45. The Morgan fingerprint density at radius 2 is 2.20 bits per heavy atom. The molecular weight excluding hydrogens is 388 g/mol. The Balaban J connectivity index is 1.67. The van der Waals surface area contributed by atoms with Gasteiger partial charge in [0.25, 0.3) is 0 Å². The Morgan fingerprint density at radius 1 is 1.33 bits per heavy atom. The number of rotatable bonds is 5. The third-order valence-electron chi connectivity index (χ3n) is 6.03. The number of anilines is 1. The van der Waals surface area contributed by atoms with E-state index in [9.17, 15) is 0 Å². The molecular formula is C25H32N4S. The van der Waals surface area contributed by atoms with Gasteiger partial charge < -0.3 is 10.2 Å². The highest BCUT2D eigenvalue weighted by molar-refractivity contribution is 7.09. The molecule has 1 aliphatic carbocycles. The molecule has 0 fully saturated rings. The molecule has 0 saturated carbocycles. The number of fused-ring (bicyclic) bond motifs is 1. The van der Waals surface area contributed by atoms with Gasteiger partial charge in [0.2, 0.25) is 0 Å². The van der Waals surface area contributed by atoms with E-state index in [4.69, 9.17) is 5.41 Å². The van der Waals surface area contributed by atoms with E-state index in [0.29, 0.717) is 18.3 Å². The first-order valence-electron chi connectivity index (χ1n) is 11.1. The van der Waals surface area contributed by atoms with Crippen molar-refractivity contribution in [2.24, 2.45) is 5.92 Å². The van der Waals surface area contributed by atoms with E-state index >= 15 is 0 Å². The highest BCUT2D eigenvalue weighted by Gasteiger charge is 2.29. The van der Waals surface area contributed by atoms with Gasteiger partial charge in [0.1, 0.15) is 5.84 Å². The summed E-state index contributed by atoms with van der Waals surface area (Å²) < 4.78 is 0. The first kappa shape index (κ1) is 21.0. The lowest BCUT2D eigenvalue weighted by Crippen LogP contribution is -2.37. The topological polar surface area (TPSA) is 52.0 Å². The molecule has 158 valence electrons. The van der Waals surface area contributed by atoms with Crippen LogP contribution < -0.4 is 10.2 Å². The molecule has 0 saturated heterocycles. The SMILES string of the molecule is CCC/C=C(\C1CC=C(c2csc(C)n2)CC1)N1C(=N)CNCc2cc(C)ccc21. The highest BCUT2D eigenvalue weighted by Crippen LogP contribution is 2.38. The molecule has 2 aromatic rings. The molecule has 4 nitrogen and oxygen atoms in total. The van der Waals surface area contributed by atoms with E-state index in [0.717, 1.165) is 49.4 Å². The van der Waals surface area contributed by atoms with Crippen molar-refractivity contribution in [1.29, 1.82) is 5.41 Å². The standard InChI is InChI=1S/C25H32N4S/c1-4-5-6-23(20-10-8-19(9-11-20)22-16-30-18(3)28-22)29-24-12-7-17(2)13-21(24)14-27-15-25(29)26/h6-8,12-13,16,20,26-27H,4-5,9-11,14-15H2,1-3H3/b23-6+,26-25?. The predicted octanol–water partition coefficient (Wildman–Crippen LogP) is 6.21. The zero-order chi connectivity index (χ0) is 21.1. The molecule has 0 radical (unpaired) electrons. The van der Waals surface area contributed by atoms with Crippen molar-refractivity contribution < 1.29 is 0 Å². The third kappa shape index (κ3) is 4.42. The number of nitrogens with one attached hydrogen (secondary N) is 2. The van der Waals surface area contributed by atoms with E-state index in [1.807, 2.05) is 0 Å². The van der Waals surface area contributed by atoms with Gasteiger partial charge in [0.05, 0.1) is 22.9 Å². The second-order valence-electron chi connectivity index (χ2n) is 8.39. The molecule has 5 heteroatoms. The second kappa shape index (κ2) is 9.27. The van der Waals surface area contributed by atoms with Crippen LogP contribution in [0.3, 0.4) is 0 Å². The molecule has 1 aliphatic heterocycles. The van der Waals surface area contributed by atoms with Crippen LogP contribution in [0.4, 0.5) is 5.69 Å². The first-order chi connectivity index (χ1) is 14.6. The summed E-state index contributed by atoms with van der Waals surface area (Å²) in [7, 11) is 0. The molecule has 2 heterocycles. The first-order valence-corrected chi connectivity index (χ1v) is 11.9. The zero-order valence-corrected chi connectivity index (χ0v) is 19.1. The van der Waals surface area contributed by atoms with E-state index in [1.165, 1.54) is 28.1 Å². The number of unbranched alkanes of at least 4 members (excludes halogenated alkanes) is 1. The van der Waals surface area contributed by atoms with Crippen molar-refractivity contribution in [3.05, 3.63) is 63.3 Å². The van der Waals surface area contributed by atoms with Gasteiger partial charge in [-0.1, -0.05) is 43.2 Å². The lowest BCUT2D eigenvalue weighted by Gasteiger charge is -2.34. The average molecular weight is 421 g/mol. The fourth-order valence-corrected chi connectivity index (χ4v) is 5.13. The lowest BCUT2D eigenvalue weighted by molar-refractivity contribution is 0.549. The van der Waals surface area contributed by atoms with E-state index < -0.39 is 0 Å². The molecule has 4 rings (SSSR count). The summed E-state index contributed by atoms with van der Waals surface area (Å²) in [6.45, 7) is 7.86. The van der Waals surface area contributed by atoms with Crippen molar-refractivity contribution in [3.63, 3.8) is 0 Å². The zero-order valence-electron chi connectivity index (χ0n) is 18.3. The molecule has 0 bridgehead atoms. The van der Waals surface area contributed by atoms with Crippen LogP contribution >= 0.6 is 11.3 Å². The molecule has 30 heavy (non-hydrogen) atoms. The molecule has 1 atom stereocenters. The molecule has 1 aromatic heterocycles. The molecule has 2 N–H and O–H groups in total. The summed E-state index contributed by atoms with van der Waals surface area (Å²) in [5.41, 5.74) is 7.57. The largest absolute Gasteiger partial charge is 0.306 e. The van der Waals surface area contributed by atoms with Gasteiger partial charge in [-0.2, -0.15) is 0 Å². The van der Waals surface area contributed by atoms with Crippen molar-refractivity contribution >= 4 is 28.4 Å². The fourth-order valence-electron chi connectivity index (χ4n) is 4.49. The van der Waals surface area contributed by atoms with Crippen molar-refractivity contribution in [1.82, 2.24) is 10.3 Å². The Bertz CT molecular complexity index is 985. The van der Waals surface area contributed by atoms with Gasteiger partial charge in [0, 0.05) is 23.5 Å². The van der Waals surface area contributed by atoms with Crippen LogP contribution in [0.15, 0.2) is 41.4 Å². The normalized spacial score (nSPS) is 20.0. The number of amidine groups is 1. The van der Waals surface area contributed by atoms with Gasteiger partial charge in [-0.25, -0.2) is 4.98 Å². The number of aromatic nitrogens is 1. The van der Waals surface area contributed by atoms with Gasteiger partial charge in [-0.3, -0.25) is 5.41 Å². The van der Waals surface area contributed by atoms with Gasteiger partial charge in [-0.05, 0) is 56.7 Å². The summed E-state index contributed by atoms with van der Waals surface area (Å²) in [6, 6.07) is 6.63. The number of benzene rings is 1. The average Bonchev–Trinajstić information content (AvgIpc) is 3.11. The smallest absolute Gasteiger partial charge is 0.119 e. The van der Waals surface area contributed by atoms with Crippen LogP contribution in [-0.4, -0.2) is 17.4 Å². The summed E-state index contributed by atoms with van der Waals surface area (Å²) in [5.74, 6) is 1.08. The van der Waals surface area contributed by atoms with E-state index in [-0.39, 0.29) is 0 Å². The van der Waals surface area contributed by atoms with Crippen molar-refractivity contribution in [2.45, 2.75) is 59.4 Å². The van der Waals surface area contributed by atoms with E-state index in [2.05, 4.69) is 71.7 Å². The number of hydrogen-bond donors (Lipinski definition) is 2. The number of nitrogens with zero attached hydrogens (tertiary/aromatic N) is 2. The van der Waals surface area contributed by atoms with Gasteiger partial charge >= 0.3 is 0 Å². The monoisotopic (exact) mass is 420 g/mol. The van der Waals surface area contributed by atoms with Crippen molar-refractivity contribution in [3.8, 4) is 0 Å². The van der Waals surface area contributed by atoms with Crippen LogP contribution in [0.5, 0.6) is 0 Å². The fraction of sp³-hybridized carbons (Fsp3) is 0.440. The number of aryl methyl sites for hydroxylation is 2. The Morgan fingerprint density at radius 3 is 2.90 bits per heavy atom. The Hall–Kier alpha value is -2.24. The molecule has 1 aromatic carbocycles. The van der Waals surface area contributed by atoms with Gasteiger partial charge in [-0.15, -0.1) is 11.3 Å². The van der Waals surface area contributed by atoms with E-state index in [1.54, 1.807) is 11.3 Å². The highest BCUT2D eigenvalue weighted by atomic mass is 32.1. The van der Waals surface area contributed by atoms with Crippen LogP contribution in [-0.2, 0) is 6.54 Å². The molecule has 0 amide bonds. The summed E-state index contributed by atoms with van der Waals surface area (Å²) in [6.07, 6.45) is 10.1. The third-order valence-corrected chi connectivity index (χ3v) is 6.80. The minimum absolute atomic E-state index is 0.438. The maximum absolute atomic E-state index is 8.83. The van der Waals surface area contributed by atoms with Gasteiger partial charge in [0.15, 0.2) is 0 Å². The van der Waals surface area contributed by atoms with Crippen molar-refractivity contribution in [2.75, 3.05) is 11.4 Å². The molecule has 2 aliphatic rings. The lowest BCUT2D eigenvalue weighted by atomic mass is 9.85. The minimum atomic E-state index is 0.438. The Kier molecular flexibility index (Phi) is 6.49.